The summed E-state index contributed by atoms with van der Waals surface area (Å²) < 4.78 is 28.6. The van der Waals surface area contributed by atoms with Crippen LogP contribution in [0.25, 0.3) is 5.69 Å². The maximum Gasteiger partial charge on any atom is 0.321 e. The molecule has 0 saturated carbocycles. The van der Waals surface area contributed by atoms with Crippen LogP contribution in [0.15, 0.2) is 48.5 Å². The van der Waals surface area contributed by atoms with Crippen molar-refractivity contribution < 1.29 is 18.4 Å². The third-order valence-electron chi connectivity index (χ3n) is 5.40. The highest BCUT2D eigenvalue weighted by molar-refractivity contribution is 5.92. The fraction of sp³-hybridized carbons (Fsp3) is 0.261. The van der Waals surface area contributed by atoms with Crippen LogP contribution in [0.1, 0.15) is 30.6 Å². The molecule has 33 heavy (non-hydrogen) atoms. The number of carbonyl (C=O) groups excluding carboxylic acids is 2. The molecule has 1 aromatic heterocycles. The van der Waals surface area contributed by atoms with Crippen molar-refractivity contribution in [2.45, 2.75) is 26.3 Å². The Morgan fingerprint density at radius 1 is 1.15 bits per heavy atom. The summed E-state index contributed by atoms with van der Waals surface area (Å²) in [6.07, 6.45) is 0.884. The van der Waals surface area contributed by atoms with E-state index in [0.29, 0.717) is 18.8 Å². The number of amides is 4. The summed E-state index contributed by atoms with van der Waals surface area (Å²) in [6.45, 7) is 4.88. The number of hydrogen-bond acceptors (Lipinski definition) is 3. The van der Waals surface area contributed by atoms with Gasteiger partial charge in [-0.3, -0.25) is 10.2 Å². The molecule has 4 amide bonds. The van der Waals surface area contributed by atoms with E-state index in [1.807, 2.05) is 31.2 Å². The number of hydrogen-bond donors (Lipinski definition) is 3. The summed E-state index contributed by atoms with van der Waals surface area (Å²) in [4.78, 5) is 26.1. The third kappa shape index (κ3) is 4.94. The zero-order valence-electron chi connectivity index (χ0n) is 18.2. The van der Waals surface area contributed by atoms with Gasteiger partial charge in [0.15, 0.2) is 11.6 Å². The highest BCUT2D eigenvalue weighted by Gasteiger charge is 2.20. The van der Waals surface area contributed by atoms with E-state index >= 15 is 0 Å². The van der Waals surface area contributed by atoms with E-state index in [0.717, 1.165) is 29.8 Å². The van der Waals surface area contributed by atoms with Crippen molar-refractivity contribution in [3.05, 3.63) is 71.4 Å². The molecule has 0 radical (unpaired) electrons. The summed E-state index contributed by atoms with van der Waals surface area (Å²) in [5, 5.41) is 12.5. The van der Waals surface area contributed by atoms with Gasteiger partial charge < -0.3 is 10.6 Å². The van der Waals surface area contributed by atoms with E-state index in [1.165, 1.54) is 10.7 Å². The zero-order chi connectivity index (χ0) is 23.5. The number of nitrogens with zero attached hydrogens (tertiary/aromatic N) is 3. The molecule has 1 aliphatic heterocycles. The number of halogens is 2. The average Bonchev–Trinajstić information content (AvgIpc) is 3.13. The molecule has 1 unspecified atom stereocenters. The highest BCUT2D eigenvalue weighted by Crippen LogP contribution is 2.22. The maximum absolute atomic E-state index is 14.1. The lowest BCUT2D eigenvalue weighted by atomic mass is 10.1. The molecule has 1 aliphatic rings. The maximum atomic E-state index is 14.1. The monoisotopic (exact) mass is 454 g/mol. The standard InChI is InChI=1S/C23H24F2N6O2/c1-14-12-21(29-31(14)20-9-6-17(24)13-19(20)25)28-22(32)27-15(2)16-4-7-18(8-5-16)30-11-3-10-26-23(30)33/h4-9,12-13,15H,3,10-11H2,1-2H3,(H,26,33)(H2,27,28,29,32). The minimum atomic E-state index is -0.753. The number of aryl methyl sites for hydroxylation is 1. The second-order valence-electron chi connectivity index (χ2n) is 7.83. The molecular weight excluding hydrogens is 430 g/mol. The predicted octanol–water partition coefficient (Wildman–Crippen LogP) is 4.26. The first kappa shape index (κ1) is 22.3. The van der Waals surface area contributed by atoms with Gasteiger partial charge >= 0.3 is 12.1 Å². The molecule has 1 saturated heterocycles. The Morgan fingerprint density at radius 2 is 1.91 bits per heavy atom. The lowest BCUT2D eigenvalue weighted by Crippen LogP contribution is -2.46. The molecule has 0 bridgehead atoms. The van der Waals surface area contributed by atoms with Crippen LogP contribution in [0.4, 0.5) is 29.9 Å². The van der Waals surface area contributed by atoms with Crippen LogP contribution < -0.4 is 20.9 Å². The number of carbonyl (C=O) groups is 2. The van der Waals surface area contributed by atoms with Gasteiger partial charge in [0.05, 0.1) is 6.04 Å². The van der Waals surface area contributed by atoms with Gasteiger partial charge in [0.1, 0.15) is 11.5 Å². The van der Waals surface area contributed by atoms with Gasteiger partial charge in [-0.15, -0.1) is 5.10 Å². The Bertz CT molecular complexity index is 1180. The molecule has 0 spiro atoms. The van der Waals surface area contributed by atoms with Gasteiger partial charge in [0.25, 0.3) is 0 Å². The Labute approximate surface area is 189 Å². The molecule has 3 aromatic rings. The van der Waals surface area contributed by atoms with Crippen LogP contribution in [0.3, 0.4) is 0 Å². The Balaban J connectivity index is 1.39. The molecular formula is C23H24F2N6O2. The molecule has 172 valence electrons. The minimum Gasteiger partial charge on any atom is -0.338 e. The smallest absolute Gasteiger partial charge is 0.321 e. The molecule has 4 rings (SSSR count). The quantitative estimate of drug-likeness (QED) is 0.538. The Morgan fingerprint density at radius 3 is 2.61 bits per heavy atom. The van der Waals surface area contributed by atoms with Crippen LogP contribution in [-0.4, -0.2) is 34.9 Å². The number of anilines is 2. The summed E-state index contributed by atoms with van der Waals surface area (Å²) in [7, 11) is 0. The van der Waals surface area contributed by atoms with Crippen LogP contribution in [0.2, 0.25) is 0 Å². The summed E-state index contributed by atoms with van der Waals surface area (Å²) in [5.41, 5.74) is 2.31. The predicted molar refractivity (Wildman–Crippen MR) is 121 cm³/mol. The van der Waals surface area contributed by atoms with E-state index in [2.05, 4.69) is 21.0 Å². The van der Waals surface area contributed by atoms with Crippen molar-refractivity contribution in [3.63, 3.8) is 0 Å². The van der Waals surface area contributed by atoms with Crippen molar-refractivity contribution in [1.29, 1.82) is 0 Å². The van der Waals surface area contributed by atoms with Crippen LogP contribution >= 0.6 is 0 Å². The molecule has 2 heterocycles. The van der Waals surface area contributed by atoms with E-state index < -0.39 is 17.7 Å². The number of urea groups is 2. The van der Waals surface area contributed by atoms with Crippen molar-refractivity contribution >= 4 is 23.6 Å². The molecule has 2 aromatic carbocycles. The van der Waals surface area contributed by atoms with E-state index in [4.69, 9.17) is 0 Å². The number of aromatic nitrogens is 2. The average molecular weight is 454 g/mol. The first-order chi connectivity index (χ1) is 15.8. The number of nitrogens with one attached hydrogen (secondary N) is 3. The van der Waals surface area contributed by atoms with Gasteiger partial charge in [-0.25, -0.2) is 23.1 Å². The van der Waals surface area contributed by atoms with Gasteiger partial charge in [-0.1, -0.05) is 12.1 Å². The second kappa shape index (κ2) is 9.27. The second-order valence-corrected chi connectivity index (χ2v) is 7.83. The van der Waals surface area contributed by atoms with Crippen LogP contribution in [0.5, 0.6) is 0 Å². The SMILES string of the molecule is Cc1cc(NC(=O)NC(C)c2ccc(N3CCCNC3=O)cc2)nn1-c1ccc(F)cc1F. The fourth-order valence-electron chi connectivity index (χ4n) is 3.68. The first-order valence-electron chi connectivity index (χ1n) is 10.6. The summed E-state index contributed by atoms with van der Waals surface area (Å²) in [5.74, 6) is -1.20. The van der Waals surface area contributed by atoms with E-state index in [9.17, 15) is 18.4 Å². The number of rotatable bonds is 5. The summed E-state index contributed by atoms with van der Waals surface area (Å²) >= 11 is 0. The molecule has 0 aliphatic carbocycles. The molecule has 3 N–H and O–H groups in total. The van der Waals surface area contributed by atoms with Gasteiger partial charge in [-0.05, 0) is 50.1 Å². The minimum absolute atomic E-state index is 0.0817. The summed E-state index contributed by atoms with van der Waals surface area (Å²) in [6, 6.07) is 11.3. The lowest BCUT2D eigenvalue weighted by molar-refractivity contribution is 0.243. The van der Waals surface area contributed by atoms with Crippen molar-refractivity contribution in [2.75, 3.05) is 23.3 Å². The lowest BCUT2D eigenvalue weighted by Gasteiger charge is -2.27. The molecule has 1 fully saturated rings. The normalized spacial score (nSPS) is 14.5. The van der Waals surface area contributed by atoms with E-state index in [-0.39, 0.29) is 23.6 Å². The van der Waals surface area contributed by atoms with Crippen molar-refractivity contribution in [3.8, 4) is 5.69 Å². The first-order valence-corrected chi connectivity index (χ1v) is 10.6. The van der Waals surface area contributed by atoms with Crippen LogP contribution in [0, 0.1) is 18.6 Å². The Hall–Kier alpha value is -3.95. The largest absolute Gasteiger partial charge is 0.338 e. The fourth-order valence-corrected chi connectivity index (χ4v) is 3.68. The Kier molecular flexibility index (Phi) is 6.25. The molecule has 1 atom stereocenters. The van der Waals surface area contributed by atoms with Gasteiger partial charge in [-0.2, -0.15) is 0 Å². The van der Waals surface area contributed by atoms with Crippen LogP contribution in [-0.2, 0) is 0 Å². The zero-order valence-corrected chi connectivity index (χ0v) is 18.2. The van der Waals surface area contributed by atoms with Gasteiger partial charge in [0.2, 0.25) is 0 Å². The van der Waals surface area contributed by atoms with Gasteiger partial charge in [0, 0.05) is 36.6 Å². The van der Waals surface area contributed by atoms with Crippen molar-refractivity contribution in [2.24, 2.45) is 0 Å². The molecule has 10 heteroatoms. The molecule has 8 nitrogen and oxygen atoms in total. The highest BCUT2D eigenvalue weighted by atomic mass is 19.1. The van der Waals surface area contributed by atoms with Crippen molar-refractivity contribution in [1.82, 2.24) is 20.4 Å². The third-order valence-corrected chi connectivity index (χ3v) is 5.40. The van der Waals surface area contributed by atoms with E-state index in [1.54, 1.807) is 17.9 Å². The topological polar surface area (TPSA) is 91.3 Å². The number of benzene rings is 2.